The van der Waals surface area contributed by atoms with Gasteiger partial charge >= 0.3 is 6.01 Å². The average Bonchev–Trinajstić information content (AvgIpc) is 2.17. The van der Waals surface area contributed by atoms with Crippen LogP contribution in [-0.4, -0.2) is 36.3 Å². The summed E-state index contributed by atoms with van der Waals surface area (Å²) < 4.78 is 10.9. The molecule has 1 atom stereocenters. The molecule has 0 radical (unpaired) electrons. The summed E-state index contributed by atoms with van der Waals surface area (Å²) in [6, 6.07) is 2.16. The zero-order valence-corrected chi connectivity index (χ0v) is 10.3. The molecule has 0 fully saturated rings. The molecule has 0 bridgehead atoms. The predicted molar refractivity (Wildman–Crippen MR) is 62.0 cm³/mol. The van der Waals surface area contributed by atoms with Crippen LogP contribution < -0.4 is 14.8 Å². The SMILES string of the molecule is CCOc1cc(C)nc(OC(C)CNC)n1. The third-order valence-electron chi connectivity index (χ3n) is 1.90. The zero-order chi connectivity index (χ0) is 12.0. The Bertz CT molecular complexity index is 331. The van der Waals surface area contributed by atoms with E-state index >= 15 is 0 Å². The van der Waals surface area contributed by atoms with Crippen LogP contribution in [0.4, 0.5) is 0 Å². The van der Waals surface area contributed by atoms with Gasteiger partial charge in [-0.1, -0.05) is 0 Å². The average molecular weight is 225 g/mol. The number of rotatable bonds is 6. The van der Waals surface area contributed by atoms with Gasteiger partial charge in [-0.15, -0.1) is 0 Å². The molecule has 1 N–H and O–H groups in total. The van der Waals surface area contributed by atoms with Crippen molar-refractivity contribution in [1.82, 2.24) is 15.3 Å². The van der Waals surface area contributed by atoms with Gasteiger partial charge in [-0.2, -0.15) is 4.98 Å². The normalized spacial score (nSPS) is 12.2. The van der Waals surface area contributed by atoms with Gasteiger partial charge in [0.1, 0.15) is 6.10 Å². The van der Waals surface area contributed by atoms with E-state index < -0.39 is 0 Å². The van der Waals surface area contributed by atoms with E-state index in [2.05, 4.69) is 15.3 Å². The van der Waals surface area contributed by atoms with E-state index in [1.807, 2.05) is 27.8 Å². The molecule has 1 aromatic heterocycles. The molecule has 0 amide bonds. The first-order chi connectivity index (χ1) is 7.65. The molecule has 5 heteroatoms. The molecule has 0 aliphatic heterocycles. The van der Waals surface area contributed by atoms with Crippen LogP contribution in [0.1, 0.15) is 19.5 Å². The second-order valence-electron chi connectivity index (χ2n) is 3.55. The molecule has 1 unspecified atom stereocenters. The molecule has 0 aliphatic carbocycles. The van der Waals surface area contributed by atoms with Crippen molar-refractivity contribution in [3.63, 3.8) is 0 Å². The summed E-state index contributed by atoms with van der Waals surface area (Å²) in [7, 11) is 1.88. The lowest BCUT2D eigenvalue weighted by Crippen LogP contribution is -2.26. The van der Waals surface area contributed by atoms with Crippen molar-refractivity contribution >= 4 is 0 Å². The topological polar surface area (TPSA) is 56.3 Å². The lowest BCUT2D eigenvalue weighted by Gasteiger charge is -2.13. The zero-order valence-electron chi connectivity index (χ0n) is 10.3. The molecule has 0 aliphatic rings. The number of likely N-dealkylation sites (N-methyl/N-ethyl adjacent to an activating group) is 1. The molecular weight excluding hydrogens is 206 g/mol. The summed E-state index contributed by atoms with van der Waals surface area (Å²) in [6.45, 7) is 7.10. The first-order valence-electron chi connectivity index (χ1n) is 5.45. The van der Waals surface area contributed by atoms with E-state index in [0.717, 1.165) is 12.2 Å². The van der Waals surface area contributed by atoms with Crippen molar-refractivity contribution in [2.75, 3.05) is 20.2 Å². The van der Waals surface area contributed by atoms with Crippen LogP contribution in [0.5, 0.6) is 11.9 Å². The van der Waals surface area contributed by atoms with Gasteiger partial charge in [0.05, 0.1) is 6.61 Å². The van der Waals surface area contributed by atoms with Gasteiger partial charge in [0.2, 0.25) is 5.88 Å². The van der Waals surface area contributed by atoms with Crippen LogP contribution in [0.25, 0.3) is 0 Å². The molecule has 90 valence electrons. The fraction of sp³-hybridized carbons (Fsp3) is 0.636. The number of aryl methyl sites for hydroxylation is 1. The van der Waals surface area contributed by atoms with Crippen molar-refractivity contribution in [3.05, 3.63) is 11.8 Å². The highest BCUT2D eigenvalue weighted by molar-refractivity contribution is 5.17. The summed E-state index contributed by atoms with van der Waals surface area (Å²) in [5.41, 5.74) is 0.838. The number of hydrogen-bond acceptors (Lipinski definition) is 5. The van der Waals surface area contributed by atoms with Gasteiger partial charge in [-0.25, -0.2) is 4.98 Å². The molecule has 5 nitrogen and oxygen atoms in total. The highest BCUT2D eigenvalue weighted by atomic mass is 16.5. The minimum Gasteiger partial charge on any atom is -0.478 e. The second kappa shape index (κ2) is 6.27. The Morgan fingerprint density at radius 3 is 2.81 bits per heavy atom. The van der Waals surface area contributed by atoms with Crippen LogP contribution in [0.3, 0.4) is 0 Å². The van der Waals surface area contributed by atoms with Crippen LogP contribution in [-0.2, 0) is 0 Å². The Hall–Kier alpha value is -1.36. The summed E-state index contributed by atoms with van der Waals surface area (Å²) in [6.07, 6.45) is 0.0290. The summed E-state index contributed by atoms with van der Waals surface area (Å²) in [5, 5.41) is 3.03. The Morgan fingerprint density at radius 1 is 1.44 bits per heavy atom. The van der Waals surface area contributed by atoms with Crippen LogP contribution in [0, 0.1) is 6.92 Å². The fourth-order valence-corrected chi connectivity index (χ4v) is 1.30. The maximum Gasteiger partial charge on any atom is 0.320 e. The van der Waals surface area contributed by atoms with Gasteiger partial charge in [0.25, 0.3) is 0 Å². The molecule has 0 spiro atoms. The number of nitrogens with zero attached hydrogens (tertiary/aromatic N) is 2. The van der Waals surface area contributed by atoms with Crippen LogP contribution in [0.15, 0.2) is 6.07 Å². The molecule has 1 aromatic rings. The van der Waals surface area contributed by atoms with Gasteiger partial charge in [-0.05, 0) is 27.8 Å². The molecular formula is C11H19N3O2. The maximum atomic E-state index is 5.56. The third-order valence-corrected chi connectivity index (χ3v) is 1.90. The summed E-state index contributed by atoms with van der Waals surface area (Å²) in [4.78, 5) is 8.36. The highest BCUT2D eigenvalue weighted by Crippen LogP contribution is 2.14. The molecule has 1 heterocycles. The summed E-state index contributed by atoms with van der Waals surface area (Å²) >= 11 is 0. The van der Waals surface area contributed by atoms with E-state index in [1.54, 1.807) is 6.07 Å². The minimum atomic E-state index is 0.0290. The Morgan fingerprint density at radius 2 is 2.19 bits per heavy atom. The van der Waals surface area contributed by atoms with Crippen LogP contribution in [0.2, 0.25) is 0 Å². The van der Waals surface area contributed by atoms with Crippen molar-refractivity contribution in [3.8, 4) is 11.9 Å². The van der Waals surface area contributed by atoms with E-state index in [9.17, 15) is 0 Å². The van der Waals surface area contributed by atoms with Gasteiger partial charge < -0.3 is 14.8 Å². The van der Waals surface area contributed by atoms with E-state index in [1.165, 1.54) is 0 Å². The number of aromatic nitrogens is 2. The van der Waals surface area contributed by atoms with E-state index in [4.69, 9.17) is 9.47 Å². The maximum absolute atomic E-state index is 5.56. The van der Waals surface area contributed by atoms with Gasteiger partial charge in [-0.3, -0.25) is 0 Å². The fourth-order valence-electron chi connectivity index (χ4n) is 1.30. The van der Waals surface area contributed by atoms with Crippen LogP contribution >= 0.6 is 0 Å². The monoisotopic (exact) mass is 225 g/mol. The van der Waals surface area contributed by atoms with Crippen molar-refractivity contribution < 1.29 is 9.47 Å². The second-order valence-corrected chi connectivity index (χ2v) is 3.55. The van der Waals surface area contributed by atoms with Crippen molar-refractivity contribution in [1.29, 1.82) is 0 Å². The molecule has 0 saturated carbocycles. The lowest BCUT2D eigenvalue weighted by atomic mass is 10.4. The summed E-state index contributed by atoms with van der Waals surface area (Å²) in [5.74, 6) is 0.557. The third kappa shape index (κ3) is 4.02. The van der Waals surface area contributed by atoms with E-state index in [0.29, 0.717) is 18.5 Å². The number of hydrogen-bond donors (Lipinski definition) is 1. The molecule has 16 heavy (non-hydrogen) atoms. The number of ether oxygens (including phenoxy) is 2. The smallest absolute Gasteiger partial charge is 0.320 e. The first-order valence-corrected chi connectivity index (χ1v) is 5.45. The van der Waals surface area contributed by atoms with E-state index in [-0.39, 0.29) is 6.10 Å². The molecule has 0 aromatic carbocycles. The number of nitrogens with one attached hydrogen (secondary N) is 1. The standard InChI is InChI=1S/C11H19N3O2/c1-5-15-10-6-8(2)13-11(14-10)16-9(3)7-12-4/h6,9,12H,5,7H2,1-4H3. The van der Waals surface area contributed by atoms with Gasteiger partial charge in [0, 0.05) is 18.3 Å². The first kappa shape index (κ1) is 12.7. The predicted octanol–water partition coefficient (Wildman–Crippen LogP) is 1.17. The van der Waals surface area contributed by atoms with Crippen molar-refractivity contribution in [2.45, 2.75) is 26.9 Å². The molecule has 0 saturated heterocycles. The lowest BCUT2D eigenvalue weighted by molar-refractivity contribution is 0.198. The highest BCUT2D eigenvalue weighted by Gasteiger charge is 2.08. The quantitative estimate of drug-likeness (QED) is 0.787. The Balaban J connectivity index is 2.71. The largest absolute Gasteiger partial charge is 0.478 e. The Labute approximate surface area is 96.2 Å². The molecule has 1 rings (SSSR count). The Kier molecular flexibility index (Phi) is 4.98. The minimum absolute atomic E-state index is 0.0290. The van der Waals surface area contributed by atoms with Crippen molar-refractivity contribution in [2.24, 2.45) is 0 Å². The van der Waals surface area contributed by atoms with Gasteiger partial charge in [0.15, 0.2) is 0 Å².